The van der Waals surface area contributed by atoms with E-state index in [1.807, 2.05) is 5.48 Å². The standard InChI is InChI=1S/C23H25BrFN5O4/c1-26-22(32)16-4-2-14(3-5-16)13-27-23(33)30-10-8-15(9-11-30)20(31)21(29-34)28-17-6-7-19(25)18(24)12-17/h2-7,12,15,34H,8-11,13H2,1H3,(H,26,32)(H,27,33)(H,28,29). The third-order valence-corrected chi connectivity index (χ3v) is 6.13. The molecule has 0 radical (unpaired) electrons. The van der Waals surface area contributed by atoms with Crippen LogP contribution in [0, 0.1) is 11.7 Å². The molecule has 1 fully saturated rings. The van der Waals surface area contributed by atoms with Gasteiger partial charge in [-0.2, -0.15) is 0 Å². The molecule has 0 aliphatic carbocycles. The van der Waals surface area contributed by atoms with E-state index in [4.69, 9.17) is 0 Å². The first-order chi connectivity index (χ1) is 16.3. The van der Waals surface area contributed by atoms with Gasteiger partial charge >= 0.3 is 6.03 Å². The lowest BCUT2D eigenvalue weighted by molar-refractivity contribution is -0.118. The summed E-state index contributed by atoms with van der Waals surface area (Å²) in [7, 11) is 1.56. The first kappa shape index (κ1) is 25.3. The van der Waals surface area contributed by atoms with Gasteiger partial charge in [-0.3, -0.25) is 14.8 Å². The zero-order valence-electron chi connectivity index (χ0n) is 18.5. The SMILES string of the molecule is CNC(=O)c1ccc(CNC(=O)N2CCC(C(=O)C(=Nc3ccc(F)c(Br)c3)NO)CC2)cc1. The fourth-order valence-electron chi connectivity index (χ4n) is 3.56. The highest BCUT2D eigenvalue weighted by Gasteiger charge is 2.30. The monoisotopic (exact) mass is 533 g/mol. The number of carbonyl (C=O) groups is 3. The van der Waals surface area contributed by atoms with Gasteiger partial charge in [0.15, 0.2) is 5.84 Å². The Morgan fingerprint density at radius 1 is 1.15 bits per heavy atom. The maximum Gasteiger partial charge on any atom is 0.317 e. The van der Waals surface area contributed by atoms with Crippen LogP contribution in [0.2, 0.25) is 0 Å². The summed E-state index contributed by atoms with van der Waals surface area (Å²) in [6.07, 6.45) is 0.835. The number of amides is 3. The summed E-state index contributed by atoms with van der Waals surface area (Å²) < 4.78 is 13.6. The number of nitrogens with one attached hydrogen (secondary N) is 3. The number of hydroxylamine groups is 1. The minimum atomic E-state index is -0.463. The van der Waals surface area contributed by atoms with Crippen molar-refractivity contribution < 1.29 is 24.0 Å². The predicted octanol–water partition coefficient (Wildman–Crippen LogP) is 3.15. The minimum absolute atomic E-state index is 0.178. The van der Waals surface area contributed by atoms with Crippen molar-refractivity contribution >= 4 is 45.2 Å². The topological polar surface area (TPSA) is 123 Å². The molecule has 0 bridgehead atoms. The average Bonchev–Trinajstić information content (AvgIpc) is 2.87. The third kappa shape index (κ3) is 6.39. The van der Waals surface area contributed by atoms with Gasteiger partial charge in [0.25, 0.3) is 5.91 Å². The van der Waals surface area contributed by atoms with E-state index in [1.54, 1.807) is 36.2 Å². The number of hydrogen-bond acceptors (Lipinski definition) is 5. The molecule has 1 aliphatic rings. The predicted molar refractivity (Wildman–Crippen MR) is 127 cm³/mol. The number of amidine groups is 1. The van der Waals surface area contributed by atoms with Crippen molar-refractivity contribution in [3.05, 3.63) is 63.9 Å². The first-order valence-electron chi connectivity index (χ1n) is 10.6. The summed E-state index contributed by atoms with van der Waals surface area (Å²) in [4.78, 5) is 42.6. The van der Waals surface area contributed by atoms with Gasteiger partial charge in [-0.05, 0) is 64.7 Å². The van der Waals surface area contributed by atoms with Crippen LogP contribution in [0.1, 0.15) is 28.8 Å². The van der Waals surface area contributed by atoms with Crippen molar-refractivity contribution in [1.82, 2.24) is 21.0 Å². The maximum absolute atomic E-state index is 13.4. The van der Waals surface area contributed by atoms with Crippen LogP contribution in [0.25, 0.3) is 0 Å². The van der Waals surface area contributed by atoms with Crippen LogP contribution in [0.4, 0.5) is 14.9 Å². The molecule has 0 spiro atoms. The molecule has 0 aromatic heterocycles. The van der Waals surface area contributed by atoms with Crippen molar-refractivity contribution in [2.75, 3.05) is 20.1 Å². The summed E-state index contributed by atoms with van der Waals surface area (Å²) in [5.41, 5.74) is 3.54. The van der Waals surface area contributed by atoms with E-state index >= 15 is 0 Å². The van der Waals surface area contributed by atoms with Gasteiger partial charge in [0.2, 0.25) is 5.78 Å². The summed E-state index contributed by atoms with van der Waals surface area (Å²) in [5.74, 6) is -1.66. The number of aliphatic imine (C=N–C) groups is 1. The molecule has 0 atom stereocenters. The lowest BCUT2D eigenvalue weighted by Crippen LogP contribution is -2.46. The zero-order chi connectivity index (χ0) is 24.7. The van der Waals surface area contributed by atoms with Gasteiger partial charge in [-0.15, -0.1) is 0 Å². The van der Waals surface area contributed by atoms with Crippen LogP contribution in [0.3, 0.4) is 0 Å². The molecule has 4 N–H and O–H groups in total. The highest BCUT2D eigenvalue weighted by Crippen LogP contribution is 2.24. The van der Waals surface area contributed by atoms with E-state index in [-0.39, 0.29) is 28.0 Å². The number of urea groups is 1. The Labute approximate surface area is 204 Å². The van der Waals surface area contributed by atoms with Gasteiger partial charge in [0.05, 0.1) is 10.2 Å². The highest BCUT2D eigenvalue weighted by molar-refractivity contribution is 9.10. The molecular weight excluding hydrogens is 509 g/mol. The van der Waals surface area contributed by atoms with Crippen molar-refractivity contribution in [2.45, 2.75) is 19.4 Å². The molecule has 34 heavy (non-hydrogen) atoms. The summed E-state index contributed by atoms with van der Waals surface area (Å²) in [6, 6.07) is 10.7. The number of ketones is 1. The number of Topliss-reactive ketones (excluding diaryl/α,β-unsaturated/α-hetero) is 1. The maximum atomic E-state index is 13.4. The molecule has 180 valence electrons. The molecule has 3 rings (SSSR count). The molecule has 0 saturated carbocycles. The number of carbonyl (C=O) groups excluding carboxylic acids is 3. The quantitative estimate of drug-likeness (QED) is 0.258. The normalized spacial score (nSPS) is 14.5. The minimum Gasteiger partial charge on any atom is -0.355 e. The number of piperidine rings is 1. The smallest absolute Gasteiger partial charge is 0.317 e. The second kappa shape index (κ2) is 11.7. The highest BCUT2D eigenvalue weighted by atomic mass is 79.9. The number of likely N-dealkylation sites (tertiary alicyclic amines) is 1. The molecule has 2 aromatic carbocycles. The number of benzene rings is 2. The third-order valence-electron chi connectivity index (χ3n) is 5.52. The van der Waals surface area contributed by atoms with Crippen LogP contribution < -0.4 is 16.1 Å². The molecule has 0 unspecified atom stereocenters. The Balaban J connectivity index is 1.51. The number of rotatable bonds is 6. The molecular formula is C23H25BrFN5O4. The molecule has 1 heterocycles. The van der Waals surface area contributed by atoms with E-state index in [2.05, 4.69) is 31.6 Å². The van der Waals surface area contributed by atoms with Crippen LogP contribution in [0.5, 0.6) is 0 Å². The Morgan fingerprint density at radius 3 is 2.41 bits per heavy atom. The van der Waals surface area contributed by atoms with Crippen molar-refractivity contribution in [2.24, 2.45) is 10.9 Å². The van der Waals surface area contributed by atoms with E-state index in [0.29, 0.717) is 43.7 Å². The first-order valence-corrected chi connectivity index (χ1v) is 11.4. The second-order valence-corrected chi connectivity index (χ2v) is 8.59. The van der Waals surface area contributed by atoms with Crippen molar-refractivity contribution in [1.29, 1.82) is 0 Å². The average molecular weight is 534 g/mol. The van der Waals surface area contributed by atoms with E-state index in [0.717, 1.165) is 5.56 Å². The van der Waals surface area contributed by atoms with Crippen LogP contribution in [0.15, 0.2) is 51.9 Å². The lowest BCUT2D eigenvalue weighted by Gasteiger charge is -2.31. The molecule has 1 saturated heterocycles. The van der Waals surface area contributed by atoms with Crippen LogP contribution in [-0.2, 0) is 11.3 Å². The van der Waals surface area contributed by atoms with E-state index < -0.39 is 11.7 Å². The van der Waals surface area contributed by atoms with Gasteiger partial charge in [0.1, 0.15) is 5.82 Å². The summed E-state index contributed by atoms with van der Waals surface area (Å²) in [6.45, 7) is 1.06. The van der Waals surface area contributed by atoms with Crippen molar-refractivity contribution in [3.63, 3.8) is 0 Å². The van der Waals surface area contributed by atoms with Gasteiger partial charge < -0.3 is 15.5 Å². The van der Waals surface area contributed by atoms with Crippen molar-refractivity contribution in [3.8, 4) is 0 Å². The molecule has 9 nitrogen and oxygen atoms in total. The van der Waals surface area contributed by atoms with E-state index in [1.165, 1.54) is 18.2 Å². The van der Waals surface area contributed by atoms with Crippen LogP contribution in [-0.4, -0.2) is 53.8 Å². The van der Waals surface area contributed by atoms with Gasteiger partial charge in [-0.25, -0.2) is 19.7 Å². The summed E-state index contributed by atoms with van der Waals surface area (Å²) in [5, 5.41) is 14.8. The number of halogens is 2. The fraction of sp³-hybridized carbons (Fsp3) is 0.304. The van der Waals surface area contributed by atoms with Gasteiger partial charge in [0, 0.05) is 38.2 Å². The lowest BCUT2D eigenvalue weighted by atomic mass is 9.92. The summed E-state index contributed by atoms with van der Waals surface area (Å²) >= 11 is 3.06. The molecule has 1 aliphatic heterocycles. The second-order valence-electron chi connectivity index (χ2n) is 7.73. The Morgan fingerprint density at radius 2 is 1.82 bits per heavy atom. The Hall–Kier alpha value is -3.31. The number of nitrogens with zero attached hydrogens (tertiary/aromatic N) is 2. The fourth-order valence-corrected chi connectivity index (χ4v) is 3.93. The molecule has 11 heteroatoms. The Bertz CT molecular complexity index is 1090. The largest absolute Gasteiger partial charge is 0.355 e. The number of hydrogen-bond donors (Lipinski definition) is 4. The Kier molecular flexibility index (Phi) is 8.72. The molecule has 2 aromatic rings. The van der Waals surface area contributed by atoms with E-state index in [9.17, 15) is 24.0 Å². The van der Waals surface area contributed by atoms with Crippen LogP contribution >= 0.6 is 15.9 Å². The molecule has 3 amide bonds. The zero-order valence-corrected chi connectivity index (χ0v) is 20.1. The van der Waals surface area contributed by atoms with Gasteiger partial charge in [-0.1, -0.05) is 12.1 Å².